The summed E-state index contributed by atoms with van der Waals surface area (Å²) in [5.74, 6) is 0.219. The number of nitrogens with one attached hydrogen (secondary N) is 1. The minimum atomic E-state index is -0.632. The second-order valence-electron chi connectivity index (χ2n) is 7.20. The molecule has 0 saturated heterocycles. The first kappa shape index (κ1) is 22.8. The third-order valence-corrected chi connectivity index (χ3v) is 5.13. The maximum Gasteiger partial charge on any atom is 0.261 e. The molecular formula is C23H29ClN2O3. The van der Waals surface area contributed by atoms with Gasteiger partial charge in [0.25, 0.3) is 5.91 Å². The first-order chi connectivity index (χ1) is 13.8. The van der Waals surface area contributed by atoms with Gasteiger partial charge in [0.15, 0.2) is 6.61 Å². The van der Waals surface area contributed by atoms with E-state index in [0.717, 1.165) is 17.5 Å². The van der Waals surface area contributed by atoms with Gasteiger partial charge in [-0.05, 0) is 56.5 Å². The number of hydrogen-bond acceptors (Lipinski definition) is 3. The summed E-state index contributed by atoms with van der Waals surface area (Å²) in [5.41, 5.74) is 1.84. The lowest BCUT2D eigenvalue weighted by Gasteiger charge is -2.29. The molecule has 0 aromatic heterocycles. The van der Waals surface area contributed by atoms with Crippen molar-refractivity contribution in [2.45, 2.75) is 52.7 Å². The van der Waals surface area contributed by atoms with Crippen LogP contribution in [0.1, 0.15) is 38.3 Å². The van der Waals surface area contributed by atoms with Gasteiger partial charge >= 0.3 is 0 Å². The average molecular weight is 417 g/mol. The molecule has 0 aliphatic rings. The summed E-state index contributed by atoms with van der Waals surface area (Å²) in [6.07, 6.45) is 0.819. The Balaban J connectivity index is 2.15. The van der Waals surface area contributed by atoms with Crippen LogP contribution in [-0.4, -0.2) is 35.4 Å². The van der Waals surface area contributed by atoms with E-state index in [1.54, 1.807) is 24.0 Å². The Morgan fingerprint density at radius 1 is 1.10 bits per heavy atom. The largest absolute Gasteiger partial charge is 0.484 e. The minimum Gasteiger partial charge on any atom is -0.484 e. The fraction of sp³-hybridized carbons (Fsp3) is 0.391. The molecule has 156 valence electrons. The molecule has 0 fully saturated rings. The number of aryl methyl sites for hydroxylation is 1. The summed E-state index contributed by atoms with van der Waals surface area (Å²) in [6.45, 7) is 7.76. The molecule has 5 nitrogen and oxygen atoms in total. The quantitative estimate of drug-likeness (QED) is 0.660. The smallest absolute Gasteiger partial charge is 0.261 e. The maximum absolute atomic E-state index is 13.0. The summed E-state index contributed by atoms with van der Waals surface area (Å²) >= 11 is 5.96. The number of para-hydroxylation sites is 1. The van der Waals surface area contributed by atoms with E-state index in [0.29, 0.717) is 17.3 Å². The number of amides is 2. The number of rotatable bonds is 9. The van der Waals surface area contributed by atoms with Crippen molar-refractivity contribution in [2.24, 2.45) is 0 Å². The van der Waals surface area contributed by atoms with E-state index in [1.807, 2.05) is 57.2 Å². The predicted molar refractivity (Wildman–Crippen MR) is 116 cm³/mol. The van der Waals surface area contributed by atoms with Crippen LogP contribution in [0.5, 0.6) is 5.75 Å². The molecule has 0 aliphatic carbocycles. The van der Waals surface area contributed by atoms with Gasteiger partial charge < -0.3 is 15.0 Å². The van der Waals surface area contributed by atoms with Gasteiger partial charge in [0, 0.05) is 17.6 Å². The molecule has 2 unspecified atom stereocenters. The first-order valence-electron chi connectivity index (χ1n) is 9.84. The minimum absolute atomic E-state index is 0.0423. The molecule has 0 saturated carbocycles. The van der Waals surface area contributed by atoms with Crippen molar-refractivity contribution in [3.63, 3.8) is 0 Å². The molecule has 2 aromatic carbocycles. The Labute approximate surface area is 178 Å². The Kier molecular flexibility index (Phi) is 8.52. The lowest BCUT2D eigenvalue weighted by Crippen LogP contribution is -2.50. The molecule has 0 aliphatic heterocycles. The zero-order valence-corrected chi connectivity index (χ0v) is 18.2. The Morgan fingerprint density at radius 3 is 2.38 bits per heavy atom. The SMILES string of the molecule is CCC(C)NC(=O)C(C)N(Cc1ccc(Cl)cc1)C(=O)COc1ccccc1C. The van der Waals surface area contributed by atoms with Gasteiger partial charge in [-0.1, -0.05) is 48.9 Å². The van der Waals surface area contributed by atoms with Crippen LogP contribution >= 0.6 is 11.6 Å². The van der Waals surface area contributed by atoms with E-state index in [4.69, 9.17) is 16.3 Å². The number of nitrogens with zero attached hydrogens (tertiary/aromatic N) is 1. The molecule has 6 heteroatoms. The third kappa shape index (κ3) is 6.79. The normalized spacial score (nSPS) is 12.7. The Morgan fingerprint density at radius 2 is 1.76 bits per heavy atom. The molecule has 2 aromatic rings. The van der Waals surface area contributed by atoms with Gasteiger partial charge in [-0.3, -0.25) is 9.59 Å². The summed E-state index contributed by atoms with van der Waals surface area (Å²) < 4.78 is 5.72. The molecule has 2 rings (SSSR count). The van der Waals surface area contributed by atoms with Gasteiger partial charge in [0.2, 0.25) is 5.91 Å². The van der Waals surface area contributed by atoms with Crippen molar-refractivity contribution in [1.82, 2.24) is 10.2 Å². The Hall–Kier alpha value is -2.53. The number of carbonyl (C=O) groups is 2. The lowest BCUT2D eigenvalue weighted by molar-refractivity contribution is -0.142. The van der Waals surface area contributed by atoms with Crippen LogP contribution < -0.4 is 10.1 Å². The van der Waals surface area contributed by atoms with Crippen molar-refractivity contribution in [2.75, 3.05) is 6.61 Å². The monoisotopic (exact) mass is 416 g/mol. The number of benzene rings is 2. The van der Waals surface area contributed by atoms with E-state index < -0.39 is 6.04 Å². The molecular weight excluding hydrogens is 388 g/mol. The van der Waals surface area contributed by atoms with E-state index in [2.05, 4.69) is 5.32 Å². The van der Waals surface area contributed by atoms with Crippen LogP contribution in [-0.2, 0) is 16.1 Å². The van der Waals surface area contributed by atoms with Gasteiger partial charge in [-0.25, -0.2) is 0 Å². The van der Waals surface area contributed by atoms with Crippen LogP contribution in [0.15, 0.2) is 48.5 Å². The summed E-state index contributed by atoms with van der Waals surface area (Å²) in [7, 11) is 0. The zero-order valence-electron chi connectivity index (χ0n) is 17.4. The zero-order chi connectivity index (χ0) is 21.4. The topological polar surface area (TPSA) is 58.6 Å². The summed E-state index contributed by atoms with van der Waals surface area (Å²) in [4.78, 5) is 27.2. The fourth-order valence-electron chi connectivity index (χ4n) is 2.78. The van der Waals surface area contributed by atoms with Gasteiger partial charge in [0.05, 0.1) is 0 Å². The highest BCUT2D eigenvalue weighted by molar-refractivity contribution is 6.30. The van der Waals surface area contributed by atoms with Gasteiger partial charge in [0.1, 0.15) is 11.8 Å². The first-order valence-corrected chi connectivity index (χ1v) is 10.2. The van der Waals surface area contributed by atoms with Crippen molar-refractivity contribution in [3.05, 3.63) is 64.7 Å². The molecule has 1 N–H and O–H groups in total. The third-order valence-electron chi connectivity index (χ3n) is 4.88. The van der Waals surface area contributed by atoms with E-state index in [1.165, 1.54) is 0 Å². The molecule has 0 spiro atoms. The standard InChI is InChI=1S/C23H29ClN2O3/c1-5-17(3)25-23(28)18(4)26(14-19-10-12-20(24)13-11-19)22(27)15-29-21-9-7-6-8-16(21)2/h6-13,17-18H,5,14-15H2,1-4H3,(H,25,28). The van der Waals surface area contributed by atoms with Crippen LogP contribution in [0, 0.1) is 6.92 Å². The highest BCUT2D eigenvalue weighted by Crippen LogP contribution is 2.18. The molecule has 2 atom stereocenters. The molecule has 0 bridgehead atoms. The van der Waals surface area contributed by atoms with Crippen molar-refractivity contribution in [1.29, 1.82) is 0 Å². The second-order valence-corrected chi connectivity index (χ2v) is 7.63. The highest BCUT2D eigenvalue weighted by atomic mass is 35.5. The number of carbonyl (C=O) groups excluding carboxylic acids is 2. The van der Waals surface area contributed by atoms with Crippen molar-refractivity contribution in [3.8, 4) is 5.75 Å². The van der Waals surface area contributed by atoms with Crippen LogP contribution in [0.3, 0.4) is 0 Å². The van der Waals surface area contributed by atoms with Crippen LogP contribution in [0.25, 0.3) is 0 Å². The molecule has 29 heavy (non-hydrogen) atoms. The molecule has 2 amide bonds. The predicted octanol–water partition coefficient (Wildman–Crippen LogP) is 4.36. The second kappa shape index (κ2) is 10.9. The fourth-order valence-corrected chi connectivity index (χ4v) is 2.90. The number of hydrogen-bond donors (Lipinski definition) is 1. The molecule has 0 radical (unpaired) electrons. The van der Waals surface area contributed by atoms with E-state index in [-0.39, 0.29) is 24.5 Å². The van der Waals surface area contributed by atoms with E-state index in [9.17, 15) is 9.59 Å². The lowest BCUT2D eigenvalue weighted by atomic mass is 10.1. The number of ether oxygens (including phenoxy) is 1. The summed E-state index contributed by atoms with van der Waals surface area (Å²) in [5, 5.41) is 3.57. The highest BCUT2D eigenvalue weighted by Gasteiger charge is 2.27. The molecule has 0 heterocycles. The van der Waals surface area contributed by atoms with Gasteiger partial charge in [-0.2, -0.15) is 0 Å². The van der Waals surface area contributed by atoms with Crippen molar-refractivity contribution < 1.29 is 14.3 Å². The average Bonchev–Trinajstić information content (AvgIpc) is 2.71. The summed E-state index contributed by atoms with van der Waals surface area (Å²) in [6, 6.07) is 14.2. The van der Waals surface area contributed by atoms with E-state index >= 15 is 0 Å². The maximum atomic E-state index is 13.0. The van der Waals surface area contributed by atoms with Gasteiger partial charge in [-0.15, -0.1) is 0 Å². The Bertz CT molecular complexity index is 823. The number of halogens is 1. The van der Waals surface area contributed by atoms with Crippen LogP contribution in [0.2, 0.25) is 5.02 Å². The van der Waals surface area contributed by atoms with Crippen LogP contribution in [0.4, 0.5) is 0 Å². The van der Waals surface area contributed by atoms with Crippen molar-refractivity contribution >= 4 is 23.4 Å².